The molecule has 0 bridgehead atoms. The average Bonchev–Trinajstić information content (AvgIpc) is 2.71. The third kappa shape index (κ3) is 3.86. The van der Waals surface area contributed by atoms with Crippen LogP contribution in [0.25, 0.3) is 0 Å². The molecular weight excluding hydrogens is 407 g/mol. The van der Waals surface area contributed by atoms with Crippen molar-refractivity contribution < 1.29 is 18.7 Å². The maximum Gasteiger partial charge on any atom is 0.265 e. The second kappa shape index (κ2) is 8.16. The van der Waals surface area contributed by atoms with Gasteiger partial charge in [0.05, 0.1) is 22.8 Å². The molecule has 1 aliphatic heterocycles. The Hall–Kier alpha value is -3.38. The van der Waals surface area contributed by atoms with Crippen LogP contribution in [0.5, 0.6) is 5.75 Å². The van der Waals surface area contributed by atoms with E-state index in [0.29, 0.717) is 23.7 Å². The highest BCUT2D eigenvalue weighted by atomic mass is 35.5. The number of halogens is 2. The Bertz CT molecular complexity index is 1130. The van der Waals surface area contributed by atoms with Crippen LogP contribution in [-0.2, 0) is 11.3 Å². The van der Waals surface area contributed by atoms with Gasteiger partial charge in [0.25, 0.3) is 11.8 Å². The average molecular weight is 425 g/mol. The molecule has 0 saturated heterocycles. The number of carbonyl (C=O) groups excluding carboxylic acids is 2. The number of benzene rings is 3. The number of carbonyl (C=O) groups is 2. The van der Waals surface area contributed by atoms with E-state index in [1.807, 2.05) is 31.2 Å². The predicted octanol–water partition coefficient (Wildman–Crippen LogP) is 4.97. The minimum Gasteiger partial charge on any atom is -0.482 e. The van der Waals surface area contributed by atoms with Crippen molar-refractivity contribution in [1.29, 1.82) is 0 Å². The lowest BCUT2D eigenvalue weighted by Gasteiger charge is -2.30. The highest BCUT2D eigenvalue weighted by Gasteiger charge is 2.27. The fourth-order valence-corrected chi connectivity index (χ4v) is 3.57. The molecule has 0 saturated carbocycles. The lowest BCUT2D eigenvalue weighted by atomic mass is 10.1. The van der Waals surface area contributed by atoms with Crippen LogP contribution in [-0.4, -0.2) is 18.4 Å². The Morgan fingerprint density at radius 2 is 1.97 bits per heavy atom. The van der Waals surface area contributed by atoms with Crippen molar-refractivity contribution in [3.05, 3.63) is 88.2 Å². The van der Waals surface area contributed by atoms with Crippen molar-refractivity contribution >= 4 is 34.8 Å². The van der Waals surface area contributed by atoms with E-state index in [2.05, 4.69) is 5.32 Å². The van der Waals surface area contributed by atoms with E-state index >= 15 is 0 Å². The van der Waals surface area contributed by atoms with E-state index in [0.717, 1.165) is 11.1 Å². The Balaban J connectivity index is 1.64. The van der Waals surface area contributed by atoms with Crippen molar-refractivity contribution in [2.45, 2.75) is 13.5 Å². The number of aryl methyl sites for hydroxylation is 1. The van der Waals surface area contributed by atoms with E-state index in [1.54, 1.807) is 23.1 Å². The van der Waals surface area contributed by atoms with Gasteiger partial charge in [-0.05, 0) is 48.4 Å². The van der Waals surface area contributed by atoms with E-state index in [-0.39, 0.29) is 23.1 Å². The lowest BCUT2D eigenvalue weighted by molar-refractivity contribution is -0.121. The van der Waals surface area contributed by atoms with Gasteiger partial charge in [0.2, 0.25) is 0 Å². The highest BCUT2D eigenvalue weighted by molar-refractivity contribution is 6.34. The minimum atomic E-state index is -0.711. The molecule has 0 radical (unpaired) electrons. The van der Waals surface area contributed by atoms with Gasteiger partial charge >= 0.3 is 0 Å². The van der Waals surface area contributed by atoms with Crippen molar-refractivity contribution in [3.8, 4) is 5.75 Å². The molecule has 7 heteroatoms. The molecule has 1 heterocycles. The SMILES string of the molecule is Cc1ccccc1CN1C(=O)COc2ccc(NC(=O)c3c(F)cccc3Cl)cc21. The van der Waals surface area contributed by atoms with Gasteiger partial charge in [-0.15, -0.1) is 0 Å². The monoisotopic (exact) mass is 424 g/mol. The largest absolute Gasteiger partial charge is 0.482 e. The second-order valence-electron chi connectivity index (χ2n) is 6.93. The number of ether oxygens (including phenoxy) is 1. The molecule has 2 amide bonds. The van der Waals surface area contributed by atoms with E-state index < -0.39 is 11.7 Å². The van der Waals surface area contributed by atoms with Gasteiger partial charge < -0.3 is 15.0 Å². The first-order chi connectivity index (χ1) is 14.4. The van der Waals surface area contributed by atoms with Gasteiger partial charge in [0.1, 0.15) is 11.6 Å². The van der Waals surface area contributed by atoms with E-state index in [9.17, 15) is 14.0 Å². The molecule has 0 atom stereocenters. The van der Waals surface area contributed by atoms with Crippen molar-refractivity contribution in [2.75, 3.05) is 16.8 Å². The molecular formula is C23H18ClFN2O3. The summed E-state index contributed by atoms with van der Waals surface area (Å²) >= 11 is 5.98. The van der Waals surface area contributed by atoms with Crippen LogP contribution in [0.3, 0.4) is 0 Å². The third-order valence-electron chi connectivity index (χ3n) is 4.94. The Labute approximate surface area is 178 Å². The molecule has 0 unspecified atom stereocenters. The Morgan fingerprint density at radius 1 is 1.17 bits per heavy atom. The van der Waals surface area contributed by atoms with Crippen LogP contribution in [0.15, 0.2) is 60.7 Å². The van der Waals surface area contributed by atoms with Gasteiger partial charge in [-0.1, -0.05) is 41.9 Å². The van der Waals surface area contributed by atoms with Gasteiger partial charge in [0, 0.05) is 5.69 Å². The summed E-state index contributed by atoms with van der Waals surface area (Å²) in [5, 5.41) is 2.66. The van der Waals surface area contributed by atoms with E-state index in [4.69, 9.17) is 16.3 Å². The van der Waals surface area contributed by atoms with Crippen LogP contribution in [0.2, 0.25) is 5.02 Å². The zero-order valence-electron chi connectivity index (χ0n) is 16.1. The Kier molecular flexibility index (Phi) is 5.42. The fourth-order valence-electron chi connectivity index (χ4n) is 3.32. The van der Waals surface area contributed by atoms with Crippen LogP contribution in [0.1, 0.15) is 21.5 Å². The quantitative estimate of drug-likeness (QED) is 0.643. The molecule has 0 spiro atoms. The summed E-state index contributed by atoms with van der Waals surface area (Å²) in [4.78, 5) is 26.7. The summed E-state index contributed by atoms with van der Waals surface area (Å²) in [6.45, 7) is 2.30. The summed E-state index contributed by atoms with van der Waals surface area (Å²) in [7, 11) is 0. The van der Waals surface area contributed by atoms with Gasteiger partial charge in [-0.2, -0.15) is 0 Å². The van der Waals surface area contributed by atoms with Crippen molar-refractivity contribution in [2.24, 2.45) is 0 Å². The molecule has 0 aliphatic carbocycles. The lowest BCUT2D eigenvalue weighted by Crippen LogP contribution is -2.38. The molecule has 3 aromatic carbocycles. The standard InChI is InChI=1S/C23H18ClFN2O3/c1-14-5-2-3-6-15(14)12-27-19-11-16(9-10-20(19)30-13-21(27)28)26-23(29)22-17(24)7-4-8-18(22)25/h2-11H,12-13H2,1H3,(H,26,29). The van der Waals surface area contributed by atoms with Crippen molar-refractivity contribution in [1.82, 2.24) is 0 Å². The molecule has 1 aliphatic rings. The second-order valence-corrected chi connectivity index (χ2v) is 7.34. The number of rotatable bonds is 4. The molecule has 1 N–H and O–H groups in total. The highest BCUT2D eigenvalue weighted by Crippen LogP contribution is 2.36. The zero-order chi connectivity index (χ0) is 21.3. The van der Waals surface area contributed by atoms with Crippen LogP contribution < -0.4 is 15.0 Å². The van der Waals surface area contributed by atoms with E-state index in [1.165, 1.54) is 18.2 Å². The maximum absolute atomic E-state index is 14.1. The summed E-state index contributed by atoms with van der Waals surface area (Å²) in [5.41, 5.74) is 2.77. The first-order valence-corrected chi connectivity index (χ1v) is 9.69. The molecule has 152 valence electrons. The summed E-state index contributed by atoms with van der Waals surface area (Å²) in [6.07, 6.45) is 0. The predicted molar refractivity (Wildman–Crippen MR) is 114 cm³/mol. The Morgan fingerprint density at radius 3 is 2.73 bits per heavy atom. The third-order valence-corrected chi connectivity index (χ3v) is 5.25. The normalized spacial score (nSPS) is 12.9. The first-order valence-electron chi connectivity index (χ1n) is 9.31. The molecule has 0 aromatic heterocycles. The number of nitrogens with one attached hydrogen (secondary N) is 1. The van der Waals surface area contributed by atoms with Gasteiger partial charge in [-0.3, -0.25) is 9.59 Å². The number of amides is 2. The molecule has 0 fully saturated rings. The fraction of sp³-hybridized carbons (Fsp3) is 0.130. The summed E-state index contributed by atoms with van der Waals surface area (Å²) in [6, 6.07) is 16.8. The maximum atomic E-state index is 14.1. The number of hydrogen-bond acceptors (Lipinski definition) is 3. The number of nitrogens with zero attached hydrogens (tertiary/aromatic N) is 1. The number of hydrogen-bond donors (Lipinski definition) is 1. The van der Waals surface area contributed by atoms with Gasteiger partial charge in [0.15, 0.2) is 6.61 Å². The number of anilines is 2. The van der Waals surface area contributed by atoms with Crippen LogP contribution in [0.4, 0.5) is 15.8 Å². The molecule has 5 nitrogen and oxygen atoms in total. The topological polar surface area (TPSA) is 58.6 Å². The van der Waals surface area contributed by atoms with Crippen molar-refractivity contribution in [3.63, 3.8) is 0 Å². The zero-order valence-corrected chi connectivity index (χ0v) is 16.9. The molecule has 30 heavy (non-hydrogen) atoms. The molecule has 3 aromatic rings. The first kappa shape index (κ1) is 19.9. The summed E-state index contributed by atoms with van der Waals surface area (Å²) in [5.74, 6) is -1.04. The van der Waals surface area contributed by atoms with Crippen LogP contribution >= 0.6 is 11.6 Å². The smallest absolute Gasteiger partial charge is 0.265 e. The van der Waals surface area contributed by atoms with Crippen LogP contribution in [0, 0.1) is 12.7 Å². The summed E-state index contributed by atoms with van der Waals surface area (Å²) < 4.78 is 19.6. The minimum absolute atomic E-state index is 0.0187. The number of fused-ring (bicyclic) bond motifs is 1. The molecule has 4 rings (SSSR count). The van der Waals surface area contributed by atoms with Gasteiger partial charge in [-0.25, -0.2) is 4.39 Å².